The number of rotatable bonds is 5. The number of halogens is 1. The first kappa shape index (κ1) is 13.0. The molecule has 0 fully saturated rings. The van der Waals surface area contributed by atoms with Gasteiger partial charge in [0, 0.05) is 17.0 Å². The minimum atomic E-state index is -0.200. The number of hydrogen-bond acceptors (Lipinski definition) is 5. The Labute approximate surface area is 119 Å². The maximum atomic E-state index is 13.8. The van der Waals surface area contributed by atoms with Gasteiger partial charge in [-0.2, -0.15) is 4.98 Å². The Hall–Kier alpha value is -2.05. The van der Waals surface area contributed by atoms with Gasteiger partial charge in [-0.05, 0) is 29.1 Å². The molecule has 0 saturated heterocycles. The summed E-state index contributed by atoms with van der Waals surface area (Å²) in [5.41, 5.74) is 1.65. The van der Waals surface area contributed by atoms with Crippen LogP contribution in [-0.4, -0.2) is 10.1 Å². The molecular weight excluding hydrogens is 277 g/mol. The SMILES string of the molecule is Fc1ccc(CNCc2ncon2)cc1-c1cccs1. The lowest BCUT2D eigenvalue weighted by atomic mass is 10.1. The average Bonchev–Trinajstić information content (AvgIpc) is 3.13. The van der Waals surface area contributed by atoms with Gasteiger partial charge in [0.1, 0.15) is 5.82 Å². The van der Waals surface area contributed by atoms with Crippen molar-refractivity contribution >= 4 is 11.3 Å². The third kappa shape index (κ3) is 2.92. The fourth-order valence-corrected chi connectivity index (χ4v) is 2.64. The van der Waals surface area contributed by atoms with Gasteiger partial charge >= 0.3 is 0 Å². The van der Waals surface area contributed by atoms with Gasteiger partial charge in [-0.3, -0.25) is 0 Å². The lowest BCUT2D eigenvalue weighted by Crippen LogP contribution is -2.13. The molecule has 0 unspecified atom stereocenters. The highest BCUT2D eigenvalue weighted by atomic mass is 32.1. The first-order chi connectivity index (χ1) is 9.83. The summed E-state index contributed by atoms with van der Waals surface area (Å²) in [7, 11) is 0. The van der Waals surface area contributed by atoms with Crippen LogP contribution in [0.15, 0.2) is 46.6 Å². The average molecular weight is 289 g/mol. The summed E-state index contributed by atoms with van der Waals surface area (Å²) in [5.74, 6) is 0.403. The molecule has 2 heterocycles. The zero-order chi connectivity index (χ0) is 13.8. The van der Waals surface area contributed by atoms with Gasteiger partial charge in [0.05, 0.1) is 6.54 Å². The fraction of sp³-hybridized carbons (Fsp3) is 0.143. The number of aromatic nitrogens is 2. The topological polar surface area (TPSA) is 51.0 Å². The van der Waals surface area contributed by atoms with Gasteiger partial charge in [0.15, 0.2) is 5.82 Å². The molecule has 2 aromatic heterocycles. The summed E-state index contributed by atoms with van der Waals surface area (Å²) in [6, 6.07) is 8.97. The van der Waals surface area contributed by atoms with Gasteiger partial charge in [-0.15, -0.1) is 11.3 Å². The second kappa shape index (κ2) is 5.94. The van der Waals surface area contributed by atoms with Crippen molar-refractivity contribution in [3.05, 3.63) is 59.3 Å². The molecule has 0 amide bonds. The van der Waals surface area contributed by atoms with E-state index < -0.39 is 0 Å². The highest BCUT2D eigenvalue weighted by Crippen LogP contribution is 2.28. The van der Waals surface area contributed by atoms with Crippen LogP contribution in [0.25, 0.3) is 10.4 Å². The van der Waals surface area contributed by atoms with E-state index in [2.05, 4.69) is 20.0 Å². The first-order valence-electron chi connectivity index (χ1n) is 6.11. The van der Waals surface area contributed by atoms with Crippen molar-refractivity contribution in [1.29, 1.82) is 0 Å². The van der Waals surface area contributed by atoms with Crippen molar-refractivity contribution < 1.29 is 8.91 Å². The number of nitrogens with zero attached hydrogens (tertiary/aromatic N) is 2. The van der Waals surface area contributed by atoms with Gasteiger partial charge in [0.25, 0.3) is 0 Å². The smallest absolute Gasteiger partial charge is 0.213 e. The molecule has 0 aliphatic rings. The summed E-state index contributed by atoms with van der Waals surface area (Å²) in [6.07, 6.45) is 1.30. The molecule has 0 saturated carbocycles. The summed E-state index contributed by atoms with van der Waals surface area (Å²) >= 11 is 1.53. The third-order valence-corrected chi connectivity index (χ3v) is 3.74. The number of benzene rings is 1. The Kier molecular flexibility index (Phi) is 3.85. The van der Waals surface area contributed by atoms with Gasteiger partial charge in [0.2, 0.25) is 6.39 Å². The van der Waals surface area contributed by atoms with Crippen LogP contribution in [0.5, 0.6) is 0 Å². The van der Waals surface area contributed by atoms with Crippen molar-refractivity contribution in [1.82, 2.24) is 15.5 Å². The second-order valence-corrected chi connectivity index (χ2v) is 5.19. The van der Waals surface area contributed by atoms with E-state index in [-0.39, 0.29) is 5.82 Å². The van der Waals surface area contributed by atoms with Crippen LogP contribution in [0.1, 0.15) is 11.4 Å². The van der Waals surface area contributed by atoms with Gasteiger partial charge < -0.3 is 9.84 Å². The molecule has 0 atom stereocenters. The normalized spacial score (nSPS) is 10.8. The Balaban J connectivity index is 1.69. The molecule has 0 bridgehead atoms. The largest absolute Gasteiger partial charge is 0.343 e. The summed E-state index contributed by atoms with van der Waals surface area (Å²) in [5, 5.41) is 8.85. The van der Waals surface area contributed by atoms with Crippen LogP contribution < -0.4 is 5.32 Å². The molecular formula is C14H12FN3OS. The fourth-order valence-electron chi connectivity index (χ4n) is 1.89. The minimum absolute atomic E-state index is 0.200. The quantitative estimate of drug-likeness (QED) is 0.783. The standard InChI is InChI=1S/C14H12FN3OS/c15-12-4-3-10(6-11(12)13-2-1-5-20-13)7-16-8-14-17-9-19-18-14/h1-6,9,16H,7-8H2. The van der Waals surface area contributed by atoms with Crippen LogP contribution in [-0.2, 0) is 13.1 Å². The molecule has 102 valence electrons. The van der Waals surface area contributed by atoms with Crippen LogP contribution in [0.2, 0.25) is 0 Å². The lowest BCUT2D eigenvalue weighted by Gasteiger charge is -2.06. The molecule has 1 aromatic carbocycles. The maximum absolute atomic E-state index is 13.8. The molecule has 0 spiro atoms. The Bertz CT molecular complexity index is 668. The number of thiophene rings is 1. The van der Waals surface area contributed by atoms with Crippen LogP contribution in [0.4, 0.5) is 4.39 Å². The van der Waals surface area contributed by atoms with Crippen LogP contribution in [0.3, 0.4) is 0 Å². The Morgan fingerprint density at radius 1 is 1.25 bits per heavy atom. The molecule has 3 rings (SSSR count). The van der Waals surface area contributed by atoms with Crippen molar-refractivity contribution in [3.63, 3.8) is 0 Å². The van der Waals surface area contributed by atoms with E-state index in [1.54, 1.807) is 6.07 Å². The van der Waals surface area contributed by atoms with Crippen molar-refractivity contribution in [3.8, 4) is 10.4 Å². The van der Waals surface area contributed by atoms with E-state index in [1.807, 2.05) is 23.6 Å². The summed E-state index contributed by atoms with van der Waals surface area (Å²) in [6.45, 7) is 1.13. The van der Waals surface area contributed by atoms with Crippen molar-refractivity contribution in [2.45, 2.75) is 13.1 Å². The van der Waals surface area contributed by atoms with Crippen LogP contribution in [0, 0.1) is 5.82 Å². The van der Waals surface area contributed by atoms with Gasteiger partial charge in [-0.1, -0.05) is 17.3 Å². The summed E-state index contributed by atoms with van der Waals surface area (Å²) < 4.78 is 18.5. The predicted octanol–water partition coefficient (Wildman–Crippen LogP) is 3.23. The zero-order valence-corrected chi connectivity index (χ0v) is 11.4. The Morgan fingerprint density at radius 2 is 2.20 bits per heavy atom. The van der Waals surface area contributed by atoms with Crippen molar-refractivity contribution in [2.24, 2.45) is 0 Å². The van der Waals surface area contributed by atoms with E-state index in [4.69, 9.17) is 0 Å². The van der Waals surface area contributed by atoms with Gasteiger partial charge in [-0.25, -0.2) is 4.39 Å². The van der Waals surface area contributed by atoms with Crippen molar-refractivity contribution in [2.75, 3.05) is 0 Å². The third-order valence-electron chi connectivity index (χ3n) is 2.84. The second-order valence-electron chi connectivity index (χ2n) is 4.24. The molecule has 0 radical (unpaired) electrons. The molecule has 6 heteroatoms. The molecule has 20 heavy (non-hydrogen) atoms. The highest BCUT2D eigenvalue weighted by Gasteiger charge is 2.07. The Morgan fingerprint density at radius 3 is 2.95 bits per heavy atom. The molecule has 0 aliphatic heterocycles. The van der Waals surface area contributed by atoms with E-state index >= 15 is 0 Å². The van der Waals surface area contributed by atoms with E-state index in [0.717, 1.165) is 10.4 Å². The summed E-state index contributed by atoms with van der Waals surface area (Å²) in [4.78, 5) is 4.85. The monoisotopic (exact) mass is 289 g/mol. The molecule has 4 nitrogen and oxygen atoms in total. The number of hydrogen-bond donors (Lipinski definition) is 1. The van der Waals surface area contributed by atoms with E-state index in [1.165, 1.54) is 23.8 Å². The lowest BCUT2D eigenvalue weighted by molar-refractivity contribution is 0.407. The zero-order valence-electron chi connectivity index (χ0n) is 10.5. The number of nitrogens with one attached hydrogen (secondary N) is 1. The first-order valence-corrected chi connectivity index (χ1v) is 6.99. The molecule has 0 aliphatic carbocycles. The highest BCUT2D eigenvalue weighted by molar-refractivity contribution is 7.13. The van der Waals surface area contributed by atoms with Crippen LogP contribution >= 0.6 is 11.3 Å². The predicted molar refractivity (Wildman–Crippen MR) is 74.6 cm³/mol. The minimum Gasteiger partial charge on any atom is -0.343 e. The molecule has 1 N–H and O–H groups in total. The maximum Gasteiger partial charge on any atom is 0.213 e. The van der Waals surface area contributed by atoms with E-state index in [9.17, 15) is 4.39 Å². The van der Waals surface area contributed by atoms with E-state index in [0.29, 0.717) is 24.5 Å². The molecule has 3 aromatic rings.